The molecule has 0 spiro atoms. The van der Waals surface area contributed by atoms with Crippen LogP contribution < -0.4 is 10.1 Å². The number of nitrogens with zero attached hydrogens (tertiary/aromatic N) is 3. The van der Waals surface area contributed by atoms with Crippen LogP contribution in [0.4, 0.5) is 0 Å². The molecule has 1 amide bonds. The van der Waals surface area contributed by atoms with Gasteiger partial charge in [0.15, 0.2) is 6.10 Å². The number of benzene rings is 2. The van der Waals surface area contributed by atoms with E-state index < -0.39 is 6.10 Å². The summed E-state index contributed by atoms with van der Waals surface area (Å²) in [5.41, 5.74) is 2.98. The molecule has 1 heterocycles. The summed E-state index contributed by atoms with van der Waals surface area (Å²) in [5.74, 6) is 0.296. The average molecular weight is 393 g/mol. The van der Waals surface area contributed by atoms with E-state index in [4.69, 9.17) is 4.74 Å². The van der Waals surface area contributed by atoms with Gasteiger partial charge in [0.2, 0.25) is 5.88 Å². The van der Waals surface area contributed by atoms with Gasteiger partial charge in [-0.15, -0.1) is 5.10 Å². The Morgan fingerprint density at radius 1 is 1.10 bits per heavy atom. The van der Waals surface area contributed by atoms with Crippen molar-refractivity contribution >= 4 is 5.91 Å². The Hall–Kier alpha value is -3.12. The first-order valence-corrected chi connectivity index (χ1v) is 9.73. The number of aromatic nitrogens is 2. The first-order valence-electron chi connectivity index (χ1n) is 9.73. The molecule has 1 N–H and O–H groups in total. The molecule has 1 aromatic heterocycles. The van der Waals surface area contributed by atoms with Crippen LogP contribution in [0.15, 0.2) is 66.9 Å². The van der Waals surface area contributed by atoms with Gasteiger partial charge in [-0.2, -0.15) is 0 Å². The van der Waals surface area contributed by atoms with E-state index in [1.165, 1.54) is 0 Å². The summed E-state index contributed by atoms with van der Waals surface area (Å²) in [5, 5.41) is 7.48. The number of nitrogens with one attached hydrogen (secondary N) is 1. The minimum absolute atomic E-state index is 0.0892. The second kappa shape index (κ2) is 9.39. The van der Waals surface area contributed by atoms with E-state index in [2.05, 4.69) is 27.4 Å². The van der Waals surface area contributed by atoms with Crippen LogP contribution in [0.5, 0.6) is 5.88 Å². The largest absolute Gasteiger partial charge is 0.463 e. The van der Waals surface area contributed by atoms with Crippen LogP contribution in [0, 0.1) is 6.92 Å². The Labute approximate surface area is 172 Å². The van der Waals surface area contributed by atoms with E-state index in [9.17, 15) is 4.79 Å². The van der Waals surface area contributed by atoms with E-state index in [-0.39, 0.29) is 11.9 Å². The molecule has 3 aromatic rings. The fraction of sp³-hybridized carbons (Fsp3) is 0.304. The fourth-order valence-electron chi connectivity index (χ4n) is 3.11. The zero-order valence-electron chi connectivity index (χ0n) is 17.4. The molecule has 6 nitrogen and oxygen atoms in total. The molecule has 0 fully saturated rings. The van der Waals surface area contributed by atoms with Crippen molar-refractivity contribution in [2.24, 2.45) is 0 Å². The number of carbonyl (C=O) groups excluding carboxylic acids is 1. The molecular weight excluding hydrogens is 364 g/mol. The van der Waals surface area contributed by atoms with Crippen molar-refractivity contribution < 1.29 is 9.53 Å². The Kier molecular flexibility index (Phi) is 6.67. The summed E-state index contributed by atoms with van der Waals surface area (Å²) in [6, 6.07) is 20.0. The number of rotatable bonds is 8. The first kappa shape index (κ1) is 20.6. The van der Waals surface area contributed by atoms with E-state index in [1.807, 2.05) is 75.7 Å². The highest BCUT2D eigenvalue weighted by Crippen LogP contribution is 2.20. The lowest BCUT2D eigenvalue weighted by molar-refractivity contribution is -0.127. The summed E-state index contributed by atoms with van der Waals surface area (Å²) in [6.07, 6.45) is 1.25. The van der Waals surface area contributed by atoms with Gasteiger partial charge in [-0.1, -0.05) is 48.5 Å². The summed E-state index contributed by atoms with van der Waals surface area (Å²) >= 11 is 0. The minimum Gasteiger partial charge on any atom is -0.463 e. The van der Waals surface area contributed by atoms with Crippen LogP contribution in [0.2, 0.25) is 0 Å². The van der Waals surface area contributed by atoms with Gasteiger partial charge in [0.05, 0.1) is 11.7 Å². The molecule has 152 valence electrons. The minimum atomic E-state index is -0.647. The summed E-state index contributed by atoms with van der Waals surface area (Å²) < 4.78 is 7.61. The molecule has 2 unspecified atom stereocenters. The molecule has 2 aromatic carbocycles. The van der Waals surface area contributed by atoms with Crippen molar-refractivity contribution in [2.75, 3.05) is 20.6 Å². The molecule has 3 rings (SSSR count). The van der Waals surface area contributed by atoms with Gasteiger partial charge < -0.3 is 15.0 Å². The van der Waals surface area contributed by atoms with E-state index in [1.54, 1.807) is 11.6 Å². The van der Waals surface area contributed by atoms with Gasteiger partial charge >= 0.3 is 0 Å². The molecule has 0 aliphatic rings. The molecular formula is C23H28N4O2. The summed E-state index contributed by atoms with van der Waals surface area (Å²) in [4.78, 5) is 14.7. The molecule has 6 heteroatoms. The number of carbonyl (C=O) groups is 1. The highest BCUT2D eigenvalue weighted by Gasteiger charge is 2.20. The van der Waals surface area contributed by atoms with Gasteiger partial charge in [0.25, 0.3) is 5.91 Å². The zero-order chi connectivity index (χ0) is 20.8. The van der Waals surface area contributed by atoms with Gasteiger partial charge in [-0.3, -0.25) is 4.79 Å². The number of hydrogen-bond donors (Lipinski definition) is 1. The zero-order valence-corrected chi connectivity index (χ0v) is 17.4. The predicted octanol–water partition coefficient (Wildman–Crippen LogP) is 3.37. The van der Waals surface area contributed by atoms with E-state index in [0.717, 1.165) is 16.8 Å². The van der Waals surface area contributed by atoms with Crippen LogP contribution in [-0.2, 0) is 4.79 Å². The molecule has 2 atom stereocenters. The topological polar surface area (TPSA) is 59.4 Å². The van der Waals surface area contributed by atoms with Crippen LogP contribution in [0.25, 0.3) is 5.69 Å². The van der Waals surface area contributed by atoms with Crippen molar-refractivity contribution in [1.82, 2.24) is 20.0 Å². The Balaban J connectivity index is 1.61. The molecule has 0 radical (unpaired) electrons. The lowest BCUT2D eigenvalue weighted by Gasteiger charge is -2.25. The molecule has 0 bridgehead atoms. The monoisotopic (exact) mass is 392 g/mol. The molecule has 0 saturated heterocycles. The summed E-state index contributed by atoms with van der Waals surface area (Å²) in [7, 11) is 4.01. The third-order valence-corrected chi connectivity index (χ3v) is 4.81. The maximum Gasteiger partial charge on any atom is 0.260 e. The average Bonchev–Trinajstić information content (AvgIpc) is 3.09. The van der Waals surface area contributed by atoms with Crippen LogP contribution in [0.3, 0.4) is 0 Å². The maximum atomic E-state index is 12.6. The Morgan fingerprint density at radius 2 is 1.72 bits per heavy atom. The SMILES string of the molecule is Cc1cn(-c2ccccc2)nc1OC(C)C(=O)NCC(c1ccccc1)N(C)C. The molecule has 0 aliphatic carbocycles. The number of likely N-dealkylation sites (N-methyl/N-ethyl adjacent to an activating group) is 1. The quantitative estimate of drug-likeness (QED) is 0.639. The van der Waals surface area contributed by atoms with E-state index >= 15 is 0 Å². The lowest BCUT2D eigenvalue weighted by atomic mass is 10.1. The maximum absolute atomic E-state index is 12.6. The van der Waals surface area contributed by atoms with Gasteiger partial charge in [-0.25, -0.2) is 4.68 Å². The van der Waals surface area contributed by atoms with Crippen LogP contribution >= 0.6 is 0 Å². The summed E-state index contributed by atoms with van der Waals surface area (Å²) in [6.45, 7) is 4.16. The fourth-order valence-corrected chi connectivity index (χ4v) is 3.11. The smallest absolute Gasteiger partial charge is 0.260 e. The van der Waals surface area contributed by atoms with Crippen LogP contribution in [-0.4, -0.2) is 47.3 Å². The molecule has 29 heavy (non-hydrogen) atoms. The number of amides is 1. The van der Waals surface area contributed by atoms with Gasteiger partial charge in [0.1, 0.15) is 0 Å². The number of hydrogen-bond acceptors (Lipinski definition) is 4. The van der Waals surface area contributed by atoms with Crippen molar-refractivity contribution in [3.63, 3.8) is 0 Å². The number of aryl methyl sites for hydroxylation is 1. The Morgan fingerprint density at radius 3 is 2.34 bits per heavy atom. The van der Waals surface area contributed by atoms with Crippen molar-refractivity contribution in [3.05, 3.63) is 78.0 Å². The van der Waals surface area contributed by atoms with Crippen LogP contribution in [0.1, 0.15) is 24.1 Å². The highest BCUT2D eigenvalue weighted by molar-refractivity contribution is 5.80. The van der Waals surface area contributed by atoms with Gasteiger partial charge in [0, 0.05) is 18.3 Å². The van der Waals surface area contributed by atoms with Gasteiger partial charge in [-0.05, 0) is 45.6 Å². The predicted molar refractivity (Wildman–Crippen MR) is 114 cm³/mol. The lowest BCUT2D eigenvalue weighted by Crippen LogP contribution is -2.41. The molecule has 0 saturated carbocycles. The van der Waals surface area contributed by atoms with E-state index in [0.29, 0.717) is 12.4 Å². The first-order chi connectivity index (χ1) is 14.0. The second-order valence-corrected chi connectivity index (χ2v) is 7.29. The standard InChI is InChI=1S/C23H28N4O2/c1-17-16-27(20-13-9-6-10-14-20)25-23(17)29-18(2)22(28)24-15-21(26(3)4)19-11-7-5-8-12-19/h5-14,16,18,21H,15H2,1-4H3,(H,24,28). The van der Waals surface area contributed by atoms with Crippen molar-refractivity contribution in [2.45, 2.75) is 26.0 Å². The number of ether oxygens (including phenoxy) is 1. The third kappa shape index (κ3) is 5.23. The Bertz CT molecular complexity index is 923. The molecule has 0 aliphatic heterocycles. The highest BCUT2D eigenvalue weighted by atomic mass is 16.5. The number of para-hydroxylation sites is 1. The third-order valence-electron chi connectivity index (χ3n) is 4.81. The van der Waals surface area contributed by atoms with Crippen molar-refractivity contribution in [1.29, 1.82) is 0 Å². The second-order valence-electron chi connectivity index (χ2n) is 7.29. The van der Waals surface area contributed by atoms with Crippen molar-refractivity contribution in [3.8, 4) is 11.6 Å². The normalized spacial score (nSPS) is 13.1.